The van der Waals surface area contributed by atoms with Crippen molar-refractivity contribution < 1.29 is 4.74 Å². The monoisotopic (exact) mass is 206 g/mol. The number of ether oxygens (including phenoxy) is 1. The third kappa shape index (κ3) is 3.83. The van der Waals surface area contributed by atoms with Gasteiger partial charge in [0.25, 0.3) is 0 Å². The molecule has 0 N–H and O–H groups in total. The van der Waals surface area contributed by atoms with E-state index in [1.807, 2.05) is 11.8 Å². The first-order valence-electron chi connectivity index (χ1n) is 4.25. The zero-order valence-corrected chi connectivity index (χ0v) is 8.79. The number of thioether (sulfide) groups is 1. The molecular formula is C9H15ClOS. The molecule has 0 aromatic heterocycles. The largest absolute Gasteiger partial charge is 0.377 e. The molecule has 0 aromatic carbocycles. The fourth-order valence-electron chi connectivity index (χ4n) is 1.15. The first-order valence-corrected chi connectivity index (χ1v) is 5.94. The van der Waals surface area contributed by atoms with Crippen LogP contribution in [0.1, 0.15) is 12.8 Å². The third-order valence-electron chi connectivity index (χ3n) is 1.82. The van der Waals surface area contributed by atoms with Gasteiger partial charge in [-0.05, 0) is 12.8 Å². The summed E-state index contributed by atoms with van der Waals surface area (Å²) < 4.78 is 5.48. The highest BCUT2D eigenvalue weighted by Gasteiger charge is 2.14. The average Bonchev–Trinajstić information content (AvgIpc) is 2.57. The van der Waals surface area contributed by atoms with Gasteiger partial charge in [-0.25, -0.2) is 0 Å². The summed E-state index contributed by atoms with van der Waals surface area (Å²) in [6, 6.07) is 0. The van der Waals surface area contributed by atoms with Gasteiger partial charge >= 0.3 is 0 Å². The Morgan fingerprint density at radius 1 is 1.67 bits per heavy atom. The van der Waals surface area contributed by atoms with Crippen molar-refractivity contribution in [1.82, 2.24) is 0 Å². The molecule has 1 rings (SSSR count). The Bertz CT molecular complexity index is 143. The Balaban J connectivity index is 1.97. The molecule has 1 aliphatic rings. The van der Waals surface area contributed by atoms with Crippen LogP contribution >= 0.6 is 23.4 Å². The molecular weight excluding hydrogens is 192 g/mol. The molecule has 0 aliphatic carbocycles. The Morgan fingerprint density at radius 2 is 2.50 bits per heavy atom. The van der Waals surface area contributed by atoms with Crippen molar-refractivity contribution in [3.8, 4) is 0 Å². The summed E-state index contributed by atoms with van der Waals surface area (Å²) in [7, 11) is 0. The van der Waals surface area contributed by atoms with Crippen LogP contribution in [-0.4, -0.2) is 30.1 Å². The summed E-state index contributed by atoms with van der Waals surface area (Å²) in [5.41, 5.74) is 1.11. The molecule has 0 amide bonds. The van der Waals surface area contributed by atoms with Crippen molar-refractivity contribution in [2.24, 2.45) is 0 Å². The van der Waals surface area contributed by atoms with E-state index in [2.05, 4.69) is 6.58 Å². The fraction of sp³-hybridized carbons (Fsp3) is 0.778. The maximum atomic E-state index is 5.60. The predicted molar refractivity (Wildman–Crippen MR) is 56.2 cm³/mol. The molecule has 1 fully saturated rings. The standard InChI is InChI=1S/C9H15ClOS/c1-8(5-10)6-12-7-9-3-2-4-11-9/h9H,1-7H2. The van der Waals surface area contributed by atoms with E-state index in [1.165, 1.54) is 12.8 Å². The minimum atomic E-state index is 0.484. The molecule has 3 heteroatoms. The second kappa shape index (κ2) is 5.90. The van der Waals surface area contributed by atoms with E-state index in [-0.39, 0.29) is 0 Å². The van der Waals surface area contributed by atoms with Crippen molar-refractivity contribution in [3.63, 3.8) is 0 Å². The molecule has 0 radical (unpaired) electrons. The quantitative estimate of drug-likeness (QED) is 0.506. The molecule has 0 bridgehead atoms. The van der Waals surface area contributed by atoms with Gasteiger partial charge in [0.15, 0.2) is 0 Å². The summed E-state index contributed by atoms with van der Waals surface area (Å²) in [6.07, 6.45) is 2.93. The molecule has 0 aromatic rings. The maximum Gasteiger partial charge on any atom is 0.0666 e. The van der Waals surface area contributed by atoms with Gasteiger partial charge < -0.3 is 4.74 Å². The van der Waals surface area contributed by atoms with Gasteiger partial charge in [-0.1, -0.05) is 12.2 Å². The van der Waals surface area contributed by atoms with Gasteiger partial charge in [-0.2, -0.15) is 11.8 Å². The fourth-order valence-corrected chi connectivity index (χ4v) is 2.39. The van der Waals surface area contributed by atoms with Crippen LogP contribution < -0.4 is 0 Å². The lowest BCUT2D eigenvalue weighted by Gasteiger charge is -2.08. The topological polar surface area (TPSA) is 9.23 Å². The molecule has 70 valence electrons. The average molecular weight is 207 g/mol. The summed E-state index contributed by atoms with van der Waals surface area (Å²) >= 11 is 7.48. The Labute approximate surface area is 83.5 Å². The van der Waals surface area contributed by atoms with Crippen LogP contribution in [0.4, 0.5) is 0 Å². The molecule has 1 saturated heterocycles. The van der Waals surface area contributed by atoms with Crippen LogP contribution in [0.2, 0.25) is 0 Å². The molecule has 1 unspecified atom stereocenters. The van der Waals surface area contributed by atoms with Gasteiger partial charge in [0.05, 0.1) is 6.10 Å². The Kier molecular flexibility index (Phi) is 5.12. The molecule has 12 heavy (non-hydrogen) atoms. The van der Waals surface area contributed by atoms with Crippen molar-refractivity contribution in [2.75, 3.05) is 24.0 Å². The number of hydrogen-bond acceptors (Lipinski definition) is 2. The van der Waals surface area contributed by atoms with E-state index >= 15 is 0 Å². The van der Waals surface area contributed by atoms with E-state index in [0.717, 1.165) is 23.7 Å². The van der Waals surface area contributed by atoms with Gasteiger partial charge in [-0.3, -0.25) is 0 Å². The molecule has 1 nitrogen and oxygen atoms in total. The van der Waals surface area contributed by atoms with Crippen LogP contribution in [-0.2, 0) is 4.74 Å². The third-order valence-corrected chi connectivity index (χ3v) is 3.42. The summed E-state index contributed by atoms with van der Waals surface area (Å²) in [5, 5.41) is 0. The zero-order valence-electron chi connectivity index (χ0n) is 7.22. The minimum Gasteiger partial charge on any atom is -0.377 e. The van der Waals surface area contributed by atoms with Gasteiger partial charge in [0.1, 0.15) is 0 Å². The molecule has 0 spiro atoms. The van der Waals surface area contributed by atoms with E-state index < -0.39 is 0 Å². The number of halogens is 1. The lowest BCUT2D eigenvalue weighted by atomic mass is 10.3. The maximum absolute atomic E-state index is 5.60. The lowest BCUT2D eigenvalue weighted by molar-refractivity contribution is 0.129. The normalized spacial score (nSPS) is 22.9. The second-order valence-electron chi connectivity index (χ2n) is 3.03. The van der Waals surface area contributed by atoms with Crippen LogP contribution in [0.3, 0.4) is 0 Å². The highest BCUT2D eigenvalue weighted by atomic mass is 35.5. The van der Waals surface area contributed by atoms with Crippen LogP contribution in [0.25, 0.3) is 0 Å². The SMILES string of the molecule is C=C(CCl)CSCC1CCCO1. The van der Waals surface area contributed by atoms with E-state index in [4.69, 9.17) is 16.3 Å². The predicted octanol–water partition coefficient (Wildman–Crippen LogP) is 2.69. The smallest absolute Gasteiger partial charge is 0.0666 e. The first kappa shape index (κ1) is 10.4. The molecule has 1 heterocycles. The Hall–Kier alpha value is 0.340. The van der Waals surface area contributed by atoms with Crippen molar-refractivity contribution in [1.29, 1.82) is 0 Å². The Morgan fingerprint density at radius 3 is 3.08 bits per heavy atom. The molecule has 1 aliphatic heterocycles. The van der Waals surface area contributed by atoms with E-state index in [1.54, 1.807) is 0 Å². The molecule has 0 saturated carbocycles. The van der Waals surface area contributed by atoms with E-state index in [9.17, 15) is 0 Å². The van der Waals surface area contributed by atoms with Crippen LogP contribution in [0.15, 0.2) is 12.2 Å². The summed E-state index contributed by atoms with van der Waals surface area (Å²) in [5.74, 6) is 2.65. The summed E-state index contributed by atoms with van der Waals surface area (Å²) in [4.78, 5) is 0. The summed E-state index contributed by atoms with van der Waals surface area (Å²) in [6.45, 7) is 4.79. The lowest BCUT2D eigenvalue weighted by Crippen LogP contribution is -2.08. The van der Waals surface area contributed by atoms with Crippen molar-refractivity contribution >= 4 is 23.4 Å². The highest BCUT2D eigenvalue weighted by Crippen LogP contribution is 2.18. The first-order chi connectivity index (χ1) is 5.83. The van der Waals surface area contributed by atoms with Gasteiger partial charge in [0.2, 0.25) is 0 Å². The van der Waals surface area contributed by atoms with Crippen LogP contribution in [0.5, 0.6) is 0 Å². The van der Waals surface area contributed by atoms with Crippen molar-refractivity contribution in [2.45, 2.75) is 18.9 Å². The van der Waals surface area contributed by atoms with Gasteiger partial charge in [-0.15, -0.1) is 11.6 Å². The van der Waals surface area contributed by atoms with Crippen molar-refractivity contribution in [3.05, 3.63) is 12.2 Å². The number of alkyl halides is 1. The minimum absolute atomic E-state index is 0.484. The highest BCUT2D eigenvalue weighted by molar-refractivity contribution is 7.99. The number of hydrogen-bond donors (Lipinski definition) is 0. The van der Waals surface area contributed by atoms with Crippen LogP contribution in [0, 0.1) is 0 Å². The van der Waals surface area contributed by atoms with E-state index in [0.29, 0.717) is 12.0 Å². The van der Waals surface area contributed by atoms with Gasteiger partial charge in [0, 0.05) is 24.0 Å². The number of rotatable bonds is 5. The zero-order chi connectivity index (χ0) is 8.81. The second-order valence-corrected chi connectivity index (χ2v) is 4.33. The molecule has 1 atom stereocenters.